The lowest BCUT2D eigenvalue weighted by Crippen LogP contribution is -2.40. The molecule has 1 aliphatic heterocycles. The number of nitrogens with zero attached hydrogens (tertiary/aromatic N) is 3. The Balaban J connectivity index is 2.41. The van der Waals surface area contributed by atoms with Crippen LogP contribution in [-0.4, -0.2) is 33.4 Å². The van der Waals surface area contributed by atoms with Gasteiger partial charge in [-0.2, -0.15) is 5.10 Å². The number of aromatic nitrogens is 2. The zero-order valence-corrected chi connectivity index (χ0v) is 12.5. The van der Waals surface area contributed by atoms with Crippen molar-refractivity contribution in [3.8, 4) is 0 Å². The van der Waals surface area contributed by atoms with Crippen molar-refractivity contribution in [3.05, 3.63) is 17.3 Å². The molecule has 0 saturated carbocycles. The zero-order chi connectivity index (χ0) is 14.7. The van der Waals surface area contributed by atoms with Crippen molar-refractivity contribution in [1.82, 2.24) is 9.78 Å². The monoisotopic (exact) mass is 277 g/mol. The van der Waals surface area contributed by atoms with Gasteiger partial charge in [-0.15, -0.1) is 0 Å². The Labute approximate surface area is 119 Å². The first-order valence-corrected chi connectivity index (χ1v) is 7.25. The van der Waals surface area contributed by atoms with Gasteiger partial charge in [0.15, 0.2) is 0 Å². The number of anilines is 1. The summed E-state index contributed by atoms with van der Waals surface area (Å²) in [4.78, 5) is 13.2. The number of carboxylic acids is 1. The van der Waals surface area contributed by atoms with Crippen LogP contribution in [0.25, 0.3) is 6.08 Å². The molecule has 0 aliphatic carbocycles. The molecule has 1 aromatic heterocycles. The minimum Gasteiger partial charge on any atom is -0.478 e. The number of carboxylic acid groups (broad SMARTS) is 1. The van der Waals surface area contributed by atoms with Crippen LogP contribution >= 0.6 is 0 Å². The number of piperidine rings is 1. The van der Waals surface area contributed by atoms with E-state index in [0.717, 1.165) is 30.0 Å². The predicted octanol–water partition coefficient (Wildman–Crippen LogP) is 2.60. The van der Waals surface area contributed by atoms with Gasteiger partial charge in [-0.1, -0.05) is 6.92 Å². The highest BCUT2D eigenvalue weighted by molar-refractivity contribution is 5.87. The highest BCUT2D eigenvalue weighted by Crippen LogP contribution is 2.31. The summed E-state index contributed by atoms with van der Waals surface area (Å²) in [7, 11) is 1.93. The molecule has 5 nitrogen and oxygen atoms in total. The topological polar surface area (TPSA) is 58.4 Å². The third-order valence-corrected chi connectivity index (χ3v) is 4.00. The van der Waals surface area contributed by atoms with Gasteiger partial charge >= 0.3 is 5.97 Å². The van der Waals surface area contributed by atoms with Gasteiger partial charge in [0.2, 0.25) is 0 Å². The van der Waals surface area contributed by atoms with Crippen LogP contribution in [0.5, 0.6) is 0 Å². The Morgan fingerprint density at radius 2 is 2.25 bits per heavy atom. The Hall–Kier alpha value is -1.78. The summed E-state index contributed by atoms with van der Waals surface area (Å²) in [5, 5.41) is 13.3. The Morgan fingerprint density at radius 3 is 2.90 bits per heavy atom. The van der Waals surface area contributed by atoms with Crippen molar-refractivity contribution in [1.29, 1.82) is 0 Å². The first-order chi connectivity index (χ1) is 9.54. The minimum atomic E-state index is -0.926. The number of hydrogen-bond donors (Lipinski definition) is 1. The highest BCUT2D eigenvalue weighted by Gasteiger charge is 2.26. The fourth-order valence-corrected chi connectivity index (χ4v) is 3.06. The lowest BCUT2D eigenvalue weighted by Gasteiger charge is -2.37. The highest BCUT2D eigenvalue weighted by atomic mass is 16.4. The summed E-state index contributed by atoms with van der Waals surface area (Å²) in [5.74, 6) is 0.122. The molecule has 1 aromatic rings. The van der Waals surface area contributed by atoms with Crippen molar-refractivity contribution in [3.63, 3.8) is 0 Å². The van der Waals surface area contributed by atoms with Crippen molar-refractivity contribution in [2.45, 2.75) is 45.6 Å². The maximum atomic E-state index is 10.8. The van der Waals surface area contributed by atoms with Crippen LogP contribution in [0, 0.1) is 6.92 Å². The largest absolute Gasteiger partial charge is 0.478 e. The molecule has 2 heterocycles. The fourth-order valence-electron chi connectivity index (χ4n) is 3.06. The molecule has 0 amide bonds. The fraction of sp³-hybridized carbons (Fsp3) is 0.600. The third-order valence-electron chi connectivity index (χ3n) is 4.00. The van der Waals surface area contributed by atoms with Gasteiger partial charge in [-0.25, -0.2) is 4.79 Å². The van der Waals surface area contributed by atoms with Crippen molar-refractivity contribution < 1.29 is 9.90 Å². The van der Waals surface area contributed by atoms with E-state index in [4.69, 9.17) is 5.11 Å². The molecular formula is C15H23N3O2. The Kier molecular flexibility index (Phi) is 4.47. The molecule has 0 spiro atoms. The number of aryl methyl sites for hydroxylation is 2. The van der Waals surface area contributed by atoms with Gasteiger partial charge in [0.25, 0.3) is 0 Å². The molecule has 5 heteroatoms. The van der Waals surface area contributed by atoms with E-state index < -0.39 is 5.97 Å². The smallest absolute Gasteiger partial charge is 0.328 e. The van der Waals surface area contributed by atoms with Crippen LogP contribution in [0.2, 0.25) is 0 Å². The molecule has 0 bridgehead atoms. The van der Waals surface area contributed by atoms with Gasteiger partial charge in [0.05, 0.1) is 5.69 Å². The quantitative estimate of drug-likeness (QED) is 0.859. The van der Waals surface area contributed by atoms with E-state index in [1.165, 1.54) is 25.3 Å². The first kappa shape index (κ1) is 14.6. The number of rotatable bonds is 4. The second kappa shape index (κ2) is 6.11. The number of hydrogen-bond acceptors (Lipinski definition) is 3. The molecule has 20 heavy (non-hydrogen) atoms. The SMILES string of the molecule is CCC1CCCCN1c1c(/C=C/C(=O)O)c(C)nn1C. The van der Waals surface area contributed by atoms with E-state index in [0.29, 0.717) is 6.04 Å². The van der Waals surface area contributed by atoms with Crippen LogP contribution in [0.1, 0.15) is 43.9 Å². The summed E-state index contributed by atoms with van der Waals surface area (Å²) in [6, 6.07) is 0.524. The molecule has 1 saturated heterocycles. The second-order valence-electron chi connectivity index (χ2n) is 5.37. The molecule has 1 N–H and O–H groups in total. The molecule has 1 unspecified atom stereocenters. The summed E-state index contributed by atoms with van der Waals surface area (Å²) < 4.78 is 1.88. The Morgan fingerprint density at radius 1 is 1.50 bits per heavy atom. The van der Waals surface area contributed by atoms with Gasteiger partial charge < -0.3 is 10.0 Å². The average Bonchev–Trinajstić information content (AvgIpc) is 2.70. The molecule has 110 valence electrons. The first-order valence-electron chi connectivity index (χ1n) is 7.25. The predicted molar refractivity (Wildman–Crippen MR) is 79.9 cm³/mol. The summed E-state index contributed by atoms with van der Waals surface area (Å²) in [5.41, 5.74) is 1.80. The van der Waals surface area contributed by atoms with E-state index in [9.17, 15) is 4.79 Å². The van der Waals surface area contributed by atoms with E-state index in [1.807, 2.05) is 18.7 Å². The standard InChI is InChI=1S/C15H23N3O2/c1-4-12-7-5-6-10-18(12)15-13(8-9-14(19)20)11(2)16-17(15)3/h8-9,12H,4-7,10H2,1-3H3,(H,19,20)/b9-8+. The molecule has 0 radical (unpaired) electrons. The number of aliphatic carboxylic acids is 1. The van der Waals surface area contributed by atoms with Gasteiger partial charge in [-0.3, -0.25) is 4.68 Å². The van der Waals surface area contributed by atoms with Crippen LogP contribution in [-0.2, 0) is 11.8 Å². The van der Waals surface area contributed by atoms with Crippen molar-refractivity contribution >= 4 is 17.9 Å². The van der Waals surface area contributed by atoms with Gasteiger partial charge in [0.1, 0.15) is 5.82 Å². The lowest BCUT2D eigenvalue weighted by molar-refractivity contribution is -0.131. The van der Waals surface area contributed by atoms with Crippen LogP contribution < -0.4 is 4.90 Å². The van der Waals surface area contributed by atoms with Gasteiger partial charge in [0, 0.05) is 31.3 Å². The van der Waals surface area contributed by atoms with Crippen molar-refractivity contribution in [2.24, 2.45) is 7.05 Å². The molecule has 0 aromatic carbocycles. The number of carbonyl (C=O) groups is 1. The molecule has 1 fully saturated rings. The molecule has 1 aliphatic rings. The van der Waals surface area contributed by atoms with E-state index in [-0.39, 0.29) is 0 Å². The summed E-state index contributed by atoms with van der Waals surface area (Å²) in [6.45, 7) is 5.15. The maximum Gasteiger partial charge on any atom is 0.328 e. The maximum absolute atomic E-state index is 10.8. The normalized spacial score (nSPS) is 19.8. The van der Waals surface area contributed by atoms with E-state index in [2.05, 4.69) is 16.9 Å². The van der Waals surface area contributed by atoms with Crippen LogP contribution in [0.15, 0.2) is 6.08 Å². The average molecular weight is 277 g/mol. The second-order valence-corrected chi connectivity index (χ2v) is 5.37. The zero-order valence-electron chi connectivity index (χ0n) is 12.5. The van der Waals surface area contributed by atoms with E-state index in [1.54, 1.807) is 6.08 Å². The molecule has 2 rings (SSSR count). The summed E-state index contributed by atoms with van der Waals surface area (Å²) >= 11 is 0. The van der Waals surface area contributed by atoms with Crippen molar-refractivity contribution in [2.75, 3.05) is 11.4 Å². The minimum absolute atomic E-state index is 0.524. The third kappa shape index (κ3) is 2.86. The van der Waals surface area contributed by atoms with E-state index >= 15 is 0 Å². The van der Waals surface area contributed by atoms with Gasteiger partial charge in [-0.05, 0) is 38.7 Å². The molecule has 1 atom stereocenters. The summed E-state index contributed by atoms with van der Waals surface area (Å²) in [6.07, 6.45) is 7.61. The van der Waals surface area contributed by atoms with Crippen LogP contribution in [0.3, 0.4) is 0 Å². The Bertz CT molecular complexity index is 519. The van der Waals surface area contributed by atoms with Crippen LogP contribution in [0.4, 0.5) is 5.82 Å². The lowest BCUT2D eigenvalue weighted by atomic mass is 9.99. The molecular weight excluding hydrogens is 254 g/mol.